The number of primary sulfonamides is 1. The largest absolute Gasteiger partial charge is 0.340 e. The van der Waals surface area contributed by atoms with Crippen LogP contribution in [-0.4, -0.2) is 56.8 Å². The Labute approximate surface area is 144 Å². The highest BCUT2D eigenvalue weighted by molar-refractivity contribution is 7.89. The molecule has 1 aliphatic rings. The summed E-state index contributed by atoms with van der Waals surface area (Å²) in [4.78, 5) is 16.5. The summed E-state index contributed by atoms with van der Waals surface area (Å²) in [7, 11) is -3.63. The summed E-state index contributed by atoms with van der Waals surface area (Å²) in [5.41, 5.74) is 1.08. The van der Waals surface area contributed by atoms with Crippen LogP contribution in [0, 0.1) is 5.92 Å². The summed E-state index contributed by atoms with van der Waals surface area (Å²) in [5, 5.41) is 5.10. The molecule has 0 bridgehead atoms. The van der Waals surface area contributed by atoms with Gasteiger partial charge in [-0.3, -0.25) is 9.69 Å². The molecule has 1 aromatic rings. The van der Waals surface area contributed by atoms with Crippen molar-refractivity contribution in [2.45, 2.75) is 31.6 Å². The van der Waals surface area contributed by atoms with Gasteiger partial charge in [0.25, 0.3) is 0 Å². The number of rotatable bonds is 6. The predicted molar refractivity (Wildman–Crippen MR) is 94.0 cm³/mol. The van der Waals surface area contributed by atoms with E-state index in [4.69, 9.17) is 5.14 Å². The van der Waals surface area contributed by atoms with Crippen molar-refractivity contribution in [1.29, 1.82) is 0 Å². The van der Waals surface area contributed by atoms with E-state index in [9.17, 15) is 13.2 Å². The molecule has 6 nitrogen and oxygen atoms in total. The summed E-state index contributed by atoms with van der Waals surface area (Å²) in [6.45, 7) is 8.38. The van der Waals surface area contributed by atoms with Crippen LogP contribution in [0.4, 0.5) is 0 Å². The molecule has 1 amide bonds. The Kier molecular flexibility index (Phi) is 6.37. The van der Waals surface area contributed by atoms with Gasteiger partial charge in [0.15, 0.2) is 0 Å². The fourth-order valence-electron chi connectivity index (χ4n) is 2.83. The van der Waals surface area contributed by atoms with Crippen LogP contribution in [0.3, 0.4) is 0 Å². The van der Waals surface area contributed by atoms with Crippen LogP contribution in [0.1, 0.15) is 25.8 Å². The normalized spacial score (nSPS) is 16.6. The van der Waals surface area contributed by atoms with Crippen LogP contribution in [0.5, 0.6) is 0 Å². The van der Waals surface area contributed by atoms with Crippen LogP contribution >= 0.6 is 0 Å². The summed E-state index contributed by atoms with van der Waals surface area (Å²) in [6, 6.07) is 6.71. The van der Waals surface area contributed by atoms with Crippen LogP contribution < -0.4 is 5.14 Å². The van der Waals surface area contributed by atoms with Crippen molar-refractivity contribution in [3.05, 3.63) is 29.8 Å². The SMILES string of the molecule is CC(C)CC(=O)N1CCN(CCc2ccc(S(N)(=O)=O)cc2)CC1. The molecule has 1 saturated heterocycles. The van der Waals surface area contributed by atoms with Crippen molar-refractivity contribution < 1.29 is 13.2 Å². The number of hydrogen-bond donors (Lipinski definition) is 1. The Hall–Kier alpha value is -1.44. The third-order valence-corrected chi connectivity index (χ3v) is 5.21. The number of nitrogens with zero attached hydrogens (tertiary/aromatic N) is 2. The molecule has 0 saturated carbocycles. The maximum Gasteiger partial charge on any atom is 0.238 e. The van der Waals surface area contributed by atoms with E-state index in [0.717, 1.165) is 44.7 Å². The number of benzene rings is 1. The molecular weight excluding hydrogens is 326 g/mol. The Bertz CT molecular complexity index is 648. The average Bonchev–Trinajstić information content (AvgIpc) is 2.52. The van der Waals surface area contributed by atoms with E-state index in [1.165, 1.54) is 0 Å². The third-order valence-electron chi connectivity index (χ3n) is 4.28. The summed E-state index contributed by atoms with van der Waals surface area (Å²) in [6.07, 6.45) is 1.47. The smallest absolute Gasteiger partial charge is 0.238 e. The minimum absolute atomic E-state index is 0.142. The fraction of sp³-hybridized carbons (Fsp3) is 0.588. The average molecular weight is 353 g/mol. The van der Waals surface area contributed by atoms with Crippen molar-refractivity contribution in [3.8, 4) is 0 Å². The summed E-state index contributed by atoms with van der Waals surface area (Å²) in [5.74, 6) is 0.652. The van der Waals surface area contributed by atoms with E-state index >= 15 is 0 Å². The molecule has 0 aromatic heterocycles. The lowest BCUT2D eigenvalue weighted by molar-refractivity contribution is -0.133. The number of nitrogens with two attached hydrogens (primary N) is 1. The topological polar surface area (TPSA) is 83.7 Å². The zero-order chi connectivity index (χ0) is 17.7. The number of hydrogen-bond acceptors (Lipinski definition) is 4. The van der Waals surface area contributed by atoms with Gasteiger partial charge >= 0.3 is 0 Å². The van der Waals surface area contributed by atoms with Gasteiger partial charge in [-0.15, -0.1) is 0 Å². The minimum Gasteiger partial charge on any atom is -0.340 e. The monoisotopic (exact) mass is 353 g/mol. The van der Waals surface area contributed by atoms with Crippen molar-refractivity contribution in [3.63, 3.8) is 0 Å². The van der Waals surface area contributed by atoms with Crippen LogP contribution in [-0.2, 0) is 21.2 Å². The van der Waals surface area contributed by atoms with Crippen molar-refractivity contribution in [2.24, 2.45) is 11.1 Å². The standard InChI is InChI=1S/C17H27N3O3S/c1-14(2)13-17(21)20-11-9-19(10-12-20)8-7-15-3-5-16(6-4-15)24(18,22)23/h3-6,14H,7-13H2,1-2H3,(H2,18,22,23). The van der Waals surface area contributed by atoms with Gasteiger partial charge in [-0.1, -0.05) is 26.0 Å². The number of carbonyl (C=O) groups excluding carboxylic acids is 1. The minimum atomic E-state index is -3.63. The highest BCUT2D eigenvalue weighted by Crippen LogP contribution is 2.11. The number of carbonyl (C=O) groups is 1. The quantitative estimate of drug-likeness (QED) is 0.829. The maximum absolute atomic E-state index is 12.1. The summed E-state index contributed by atoms with van der Waals surface area (Å²) >= 11 is 0. The van der Waals surface area contributed by atoms with Crippen LogP contribution in [0.25, 0.3) is 0 Å². The summed E-state index contributed by atoms with van der Waals surface area (Å²) < 4.78 is 22.5. The zero-order valence-corrected chi connectivity index (χ0v) is 15.3. The lowest BCUT2D eigenvalue weighted by Crippen LogP contribution is -2.49. The Balaban J connectivity index is 1.77. The molecule has 0 spiro atoms. The van der Waals surface area contributed by atoms with Gasteiger partial charge in [0.05, 0.1) is 4.90 Å². The molecule has 0 aliphatic carbocycles. The highest BCUT2D eigenvalue weighted by atomic mass is 32.2. The lowest BCUT2D eigenvalue weighted by atomic mass is 10.1. The van der Waals surface area contributed by atoms with Crippen LogP contribution in [0.2, 0.25) is 0 Å². The number of amides is 1. The third kappa shape index (κ3) is 5.58. The molecule has 24 heavy (non-hydrogen) atoms. The molecule has 1 heterocycles. The molecule has 1 aliphatic heterocycles. The number of piperazine rings is 1. The zero-order valence-electron chi connectivity index (χ0n) is 14.4. The fourth-order valence-corrected chi connectivity index (χ4v) is 3.35. The molecule has 7 heteroatoms. The van der Waals surface area contributed by atoms with E-state index in [-0.39, 0.29) is 10.8 Å². The lowest BCUT2D eigenvalue weighted by Gasteiger charge is -2.35. The van der Waals surface area contributed by atoms with Gasteiger partial charge in [-0.2, -0.15) is 0 Å². The molecule has 2 rings (SSSR count). The Morgan fingerprint density at radius 1 is 1.12 bits per heavy atom. The predicted octanol–water partition coefficient (Wildman–Crippen LogP) is 1.07. The van der Waals surface area contributed by atoms with Crippen molar-refractivity contribution in [2.75, 3.05) is 32.7 Å². The molecule has 0 radical (unpaired) electrons. The molecule has 134 valence electrons. The molecular formula is C17H27N3O3S. The van der Waals surface area contributed by atoms with E-state index in [2.05, 4.69) is 18.7 Å². The van der Waals surface area contributed by atoms with Crippen molar-refractivity contribution >= 4 is 15.9 Å². The van der Waals surface area contributed by atoms with Gasteiger partial charge in [0.2, 0.25) is 15.9 Å². The molecule has 1 fully saturated rings. The van der Waals surface area contributed by atoms with Gasteiger partial charge in [0.1, 0.15) is 0 Å². The van der Waals surface area contributed by atoms with E-state index in [1.807, 2.05) is 17.0 Å². The maximum atomic E-state index is 12.1. The first-order valence-corrected chi connectivity index (χ1v) is 9.92. The van der Waals surface area contributed by atoms with Gasteiger partial charge in [-0.25, -0.2) is 13.6 Å². The first-order valence-electron chi connectivity index (χ1n) is 8.37. The molecule has 2 N–H and O–H groups in total. The molecule has 0 atom stereocenters. The van der Waals surface area contributed by atoms with Crippen molar-refractivity contribution in [1.82, 2.24) is 9.80 Å². The van der Waals surface area contributed by atoms with Gasteiger partial charge in [0, 0.05) is 39.1 Å². The Morgan fingerprint density at radius 3 is 2.21 bits per heavy atom. The van der Waals surface area contributed by atoms with E-state index in [0.29, 0.717) is 12.3 Å². The van der Waals surface area contributed by atoms with Crippen LogP contribution in [0.15, 0.2) is 29.2 Å². The van der Waals surface area contributed by atoms with Gasteiger partial charge in [-0.05, 0) is 30.0 Å². The highest BCUT2D eigenvalue weighted by Gasteiger charge is 2.21. The van der Waals surface area contributed by atoms with Gasteiger partial charge < -0.3 is 4.90 Å². The second-order valence-electron chi connectivity index (χ2n) is 6.76. The number of sulfonamides is 1. The van der Waals surface area contributed by atoms with E-state index < -0.39 is 10.0 Å². The molecule has 1 aromatic carbocycles. The second-order valence-corrected chi connectivity index (χ2v) is 8.32. The molecule has 0 unspecified atom stereocenters. The van der Waals surface area contributed by atoms with E-state index in [1.54, 1.807) is 12.1 Å². The first kappa shape index (κ1) is 18.9. The second kappa shape index (κ2) is 8.09. The Morgan fingerprint density at radius 2 is 1.71 bits per heavy atom. The first-order chi connectivity index (χ1) is 11.3.